The molecule has 0 spiro atoms. The van der Waals surface area contributed by atoms with Gasteiger partial charge in [-0.1, -0.05) is 26.7 Å². The van der Waals surface area contributed by atoms with Gasteiger partial charge in [-0.05, 0) is 38.0 Å². The van der Waals surface area contributed by atoms with Crippen LogP contribution < -0.4 is 10.6 Å². The van der Waals surface area contributed by atoms with Gasteiger partial charge in [0.1, 0.15) is 5.01 Å². The number of rotatable bonds is 9. The van der Waals surface area contributed by atoms with Crippen LogP contribution >= 0.6 is 11.3 Å². The summed E-state index contributed by atoms with van der Waals surface area (Å²) >= 11 is 1.71. The number of ether oxygens (including phenoxy) is 1. The van der Waals surface area contributed by atoms with Crippen LogP contribution in [0.1, 0.15) is 69.5 Å². The molecule has 1 heterocycles. The Kier molecular flexibility index (Phi) is 8.68. The monoisotopic (exact) mass is 366 g/mol. The number of hydrogen-bond donors (Lipinski definition) is 2. The van der Waals surface area contributed by atoms with Crippen LogP contribution in [0, 0.1) is 5.92 Å². The van der Waals surface area contributed by atoms with E-state index in [0.717, 1.165) is 36.5 Å². The number of aliphatic imine (C=N–C) groups is 1. The second-order valence-corrected chi connectivity index (χ2v) is 7.94. The van der Waals surface area contributed by atoms with Gasteiger partial charge in [-0.25, -0.2) is 4.98 Å². The molecule has 5 nitrogen and oxygen atoms in total. The van der Waals surface area contributed by atoms with E-state index < -0.39 is 0 Å². The fourth-order valence-electron chi connectivity index (χ4n) is 3.38. The first kappa shape index (κ1) is 20.2. The molecule has 1 atom stereocenters. The number of nitrogens with zero attached hydrogens (tertiary/aromatic N) is 2. The average Bonchev–Trinajstić information content (AvgIpc) is 3.28. The van der Waals surface area contributed by atoms with Crippen LogP contribution in [0.5, 0.6) is 0 Å². The predicted octanol–water partition coefficient (Wildman–Crippen LogP) is 3.92. The highest BCUT2D eigenvalue weighted by Gasteiger charge is 2.25. The molecule has 1 fully saturated rings. The Morgan fingerprint density at radius 3 is 2.72 bits per heavy atom. The van der Waals surface area contributed by atoms with Gasteiger partial charge in [0.25, 0.3) is 0 Å². The van der Waals surface area contributed by atoms with Gasteiger partial charge in [-0.3, -0.25) is 4.99 Å². The number of thiazole rings is 1. The summed E-state index contributed by atoms with van der Waals surface area (Å²) in [5.74, 6) is 2.05. The van der Waals surface area contributed by atoms with E-state index in [1.807, 2.05) is 7.05 Å². The lowest BCUT2D eigenvalue weighted by Crippen LogP contribution is -2.39. The SMILES string of the molecule is CCOC(CCNC(=NC)NCc1nc(C(C)C)cs1)C1CCCC1. The van der Waals surface area contributed by atoms with Gasteiger partial charge >= 0.3 is 0 Å². The molecule has 1 aliphatic carbocycles. The zero-order valence-corrected chi connectivity index (χ0v) is 17.0. The lowest BCUT2D eigenvalue weighted by atomic mass is 9.98. The molecule has 0 aromatic carbocycles. The summed E-state index contributed by atoms with van der Waals surface area (Å²) in [5, 5.41) is 10.0. The van der Waals surface area contributed by atoms with Crippen LogP contribution in [0.4, 0.5) is 0 Å². The molecule has 1 aromatic rings. The highest BCUT2D eigenvalue weighted by Crippen LogP contribution is 2.30. The first-order chi connectivity index (χ1) is 12.1. The molecule has 1 saturated carbocycles. The maximum absolute atomic E-state index is 5.99. The van der Waals surface area contributed by atoms with Crippen LogP contribution in [0.25, 0.3) is 0 Å². The smallest absolute Gasteiger partial charge is 0.191 e. The molecule has 1 aliphatic rings. The molecule has 0 amide bonds. The minimum Gasteiger partial charge on any atom is -0.378 e. The normalized spacial score (nSPS) is 17.2. The van der Waals surface area contributed by atoms with Gasteiger partial charge < -0.3 is 15.4 Å². The van der Waals surface area contributed by atoms with Gasteiger partial charge in [0.05, 0.1) is 18.3 Å². The molecule has 1 aromatic heterocycles. The van der Waals surface area contributed by atoms with Gasteiger partial charge in [0, 0.05) is 25.6 Å². The molecular weight excluding hydrogens is 332 g/mol. The van der Waals surface area contributed by atoms with Crippen molar-refractivity contribution in [2.45, 2.75) is 71.4 Å². The van der Waals surface area contributed by atoms with Crippen molar-refractivity contribution < 1.29 is 4.74 Å². The van der Waals surface area contributed by atoms with E-state index in [2.05, 4.69) is 46.8 Å². The molecule has 0 bridgehead atoms. The zero-order valence-electron chi connectivity index (χ0n) is 16.2. The molecule has 2 rings (SSSR count). The fourth-order valence-corrected chi connectivity index (χ4v) is 4.28. The van der Waals surface area contributed by atoms with E-state index in [1.54, 1.807) is 11.3 Å². The average molecular weight is 367 g/mol. The van der Waals surface area contributed by atoms with E-state index in [0.29, 0.717) is 18.6 Å². The maximum atomic E-state index is 5.99. The van der Waals surface area contributed by atoms with E-state index in [-0.39, 0.29) is 0 Å². The Balaban J connectivity index is 1.73. The van der Waals surface area contributed by atoms with Gasteiger partial charge in [0.15, 0.2) is 5.96 Å². The van der Waals surface area contributed by atoms with Crippen molar-refractivity contribution in [1.82, 2.24) is 15.6 Å². The molecule has 0 saturated heterocycles. The standard InChI is InChI=1S/C19H34N4OS/c1-5-24-17(15-8-6-7-9-15)10-11-21-19(20-4)22-12-18-23-16(13-25-18)14(2)3/h13-15,17H,5-12H2,1-4H3,(H2,20,21,22). The Bertz CT molecular complexity index is 523. The van der Waals surface area contributed by atoms with Crippen LogP contribution in [0.15, 0.2) is 10.4 Å². The predicted molar refractivity (Wildman–Crippen MR) is 106 cm³/mol. The van der Waals surface area contributed by atoms with E-state index in [9.17, 15) is 0 Å². The quantitative estimate of drug-likeness (QED) is 0.514. The van der Waals surface area contributed by atoms with Crippen molar-refractivity contribution in [2.24, 2.45) is 10.9 Å². The molecule has 2 N–H and O–H groups in total. The van der Waals surface area contributed by atoms with Crippen LogP contribution in [0.2, 0.25) is 0 Å². The summed E-state index contributed by atoms with van der Waals surface area (Å²) in [6.45, 7) is 8.84. The van der Waals surface area contributed by atoms with Crippen LogP contribution in [-0.4, -0.2) is 37.2 Å². The first-order valence-corrected chi connectivity index (χ1v) is 10.5. The van der Waals surface area contributed by atoms with Crippen molar-refractivity contribution in [1.29, 1.82) is 0 Å². The third-order valence-electron chi connectivity index (χ3n) is 4.82. The summed E-state index contributed by atoms with van der Waals surface area (Å²) in [6, 6.07) is 0. The van der Waals surface area contributed by atoms with E-state index >= 15 is 0 Å². The molecule has 0 radical (unpaired) electrons. The van der Waals surface area contributed by atoms with Gasteiger partial charge in [-0.2, -0.15) is 0 Å². The number of guanidine groups is 1. The van der Waals surface area contributed by atoms with Gasteiger partial charge in [-0.15, -0.1) is 11.3 Å². The summed E-state index contributed by atoms with van der Waals surface area (Å²) in [4.78, 5) is 8.97. The first-order valence-electron chi connectivity index (χ1n) is 9.64. The Morgan fingerprint density at radius 1 is 1.36 bits per heavy atom. The lowest BCUT2D eigenvalue weighted by Gasteiger charge is -2.23. The third-order valence-corrected chi connectivity index (χ3v) is 5.69. The number of aromatic nitrogens is 1. The third kappa shape index (κ3) is 6.59. The number of hydrogen-bond acceptors (Lipinski definition) is 4. The fraction of sp³-hybridized carbons (Fsp3) is 0.789. The Hall–Kier alpha value is -1.14. The van der Waals surface area contributed by atoms with Crippen molar-refractivity contribution in [3.05, 3.63) is 16.1 Å². The summed E-state index contributed by atoms with van der Waals surface area (Å²) in [6.07, 6.45) is 6.77. The van der Waals surface area contributed by atoms with E-state index in [1.165, 1.54) is 31.4 Å². The number of nitrogens with one attached hydrogen (secondary N) is 2. The van der Waals surface area contributed by atoms with Crippen molar-refractivity contribution in [2.75, 3.05) is 20.2 Å². The highest BCUT2D eigenvalue weighted by atomic mass is 32.1. The minimum absolute atomic E-state index is 0.380. The summed E-state index contributed by atoms with van der Waals surface area (Å²) < 4.78 is 5.99. The minimum atomic E-state index is 0.380. The van der Waals surface area contributed by atoms with Gasteiger partial charge in [0.2, 0.25) is 0 Å². The summed E-state index contributed by atoms with van der Waals surface area (Å²) in [5.41, 5.74) is 1.17. The largest absolute Gasteiger partial charge is 0.378 e. The van der Waals surface area contributed by atoms with Crippen molar-refractivity contribution in [3.63, 3.8) is 0 Å². The topological polar surface area (TPSA) is 58.5 Å². The van der Waals surface area contributed by atoms with Crippen molar-refractivity contribution in [3.8, 4) is 0 Å². The molecule has 25 heavy (non-hydrogen) atoms. The Labute approximate surface area is 156 Å². The molecule has 142 valence electrons. The molecule has 1 unspecified atom stereocenters. The van der Waals surface area contributed by atoms with Crippen molar-refractivity contribution >= 4 is 17.3 Å². The zero-order chi connectivity index (χ0) is 18.1. The molecule has 6 heteroatoms. The lowest BCUT2D eigenvalue weighted by molar-refractivity contribution is 0.0169. The highest BCUT2D eigenvalue weighted by molar-refractivity contribution is 7.09. The second kappa shape index (κ2) is 10.8. The van der Waals surface area contributed by atoms with Crippen LogP contribution in [-0.2, 0) is 11.3 Å². The second-order valence-electron chi connectivity index (χ2n) is 7.00. The molecule has 0 aliphatic heterocycles. The Morgan fingerprint density at radius 2 is 2.12 bits per heavy atom. The van der Waals surface area contributed by atoms with E-state index in [4.69, 9.17) is 4.74 Å². The van der Waals surface area contributed by atoms with Crippen LogP contribution in [0.3, 0.4) is 0 Å². The summed E-state index contributed by atoms with van der Waals surface area (Å²) in [7, 11) is 1.81. The molecular formula is C19H34N4OS. The maximum Gasteiger partial charge on any atom is 0.191 e.